The lowest BCUT2D eigenvalue weighted by Crippen LogP contribution is -2.38. The standard InChI is InChI=1S/C13H17Cl2NO/c14-11-2-1-3-12(15)10(11)8-13(9-16)4-6-17-7-5-13/h1-3H,4-9,16H2. The zero-order valence-electron chi connectivity index (χ0n) is 9.72. The van der Waals surface area contributed by atoms with Crippen molar-refractivity contribution >= 4 is 23.2 Å². The van der Waals surface area contributed by atoms with Crippen LogP contribution in [0.2, 0.25) is 10.0 Å². The Bertz CT molecular complexity index is 369. The second kappa shape index (κ2) is 5.57. The van der Waals surface area contributed by atoms with Crippen LogP contribution in [-0.2, 0) is 11.2 Å². The van der Waals surface area contributed by atoms with Gasteiger partial charge < -0.3 is 10.5 Å². The summed E-state index contributed by atoms with van der Waals surface area (Å²) in [6.45, 7) is 2.20. The van der Waals surface area contributed by atoms with Gasteiger partial charge in [0.1, 0.15) is 0 Å². The number of benzene rings is 1. The first-order chi connectivity index (χ1) is 8.17. The van der Waals surface area contributed by atoms with Crippen molar-refractivity contribution in [3.8, 4) is 0 Å². The molecule has 1 fully saturated rings. The Morgan fingerprint density at radius 1 is 1.18 bits per heavy atom. The molecule has 1 saturated heterocycles. The van der Waals surface area contributed by atoms with Crippen molar-refractivity contribution in [3.63, 3.8) is 0 Å². The first kappa shape index (κ1) is 13.2. The molecule has 0 unspecified atom stereocenters. The maximum atomic E-state index is 6.21. The fourth-order valence-corrected chi connectivity index (χ4v) is 2.86. The van der Waals surface area contributed by atoms with E-state index in [4.69, 9.17) is 33.7 Å². The third-order valence-electron chi connectivity index (χ3n) is 3.60. The van der Waals surface area contributed by atoms with E-state index in [2.05, 4.69) is 0 Å². The van der Waals surface area contributed by atoms with E-state index in [1.165, 1.54) is 0 Å². The molecule has 0 saturated carbocycles. The van der Waals surface area contributed by atoms with Crippen LogP contribution >= 0.6 is 23.2 Å². The van der Waals surface area contributed by atoms with Gasteiger partial charge in [0.25, 0.3) is 0 Å². The van der Waals surface area contributed by atoms with Crippen LogP contribution in [0.5, 0.6) is 0 Å². The summed E-state index contributed by atoms with van der Waals surface area (Å²) in [7, 11) is 0. The Kier molecular flexibility index (Phi) is 4.31. The largest absolute Gasteiger partial charge is 0.381 e. The van der Waals surface area contributed by atoms with E-state index in [0.717, 1.165) is 48.1 Å². The predicted octanol–water partition coefficient (Wildman–Crippen LogP) is 3.29. The van der Waals surface area contributed by atoms with Gasteiger partial charge in [-0.05, 0) is 48.9 Å². The summed E-state index contributed by atoms with van der Waals surface area (Å²) in [4.78, 5) is 0. The second-order valence-corrected chi connectivity index (χ2v) is 5.51. The van der Waals surface area contributed by atoms with Gasteiger partial charge in [0, 0.05) is 23.3 Å². The van der Waals surface area contributed by atoms with Crippen LogP contribution in [0.3, 0.4) is 0 Å². The highest BCUT2D eigenvalue weighted by atomic mass is 35.5. The van der Waals surface area contributed by atoms with Crippen molar-refractivity contribution < 1.29 is 4.74 Å². The highest BCUT2D eigenvalue weighted by Crippen LogP contribution is 2.37. The number of hydrogen-bond donors (Lipinski definition) is 1. The molecule has 1 aromatic rings. The molecule has 0 aliphatic carbocycles. The van der Waals surface area contributed by atoms with E-state index < -0.39 is 0 Å². The molecular weight excluding hydrogens is 257 g/mol. The van der Waals surface area contributed by atoms with Gasteiger partial charge in [0.15, 0.2) is 0 Å². The molecule has 2 N–H and O–H groups in total. The maximum Gasteiger partial charge on any atom is 0.0471 e. The number of rotatable bonds is 3. The molecule has 1 heterocycles. The first-order valence-corrected chi connectivity index (χ1v) is 6.63. The zero-order chi connectivity index (χ0) is 12.3. The molecule has 94 valence electrons. The van der Waals surface area contributed by atoms with Crippen molar-refractivity contribution in [3.05, 3.63) is 33.8 Å². The molecule has 4 heteroatoms. The number of ether oxygens (including phenoxy) is 1. The summed E-state index contributed by atoms with van der Waals surface area (Å²) in [6, 6.07) is 5.63. The molecule has 0 radical (unpaired) electrons. The lowest BCUT2D eigenvalue weighted by Gasteiger charge is -2.36. The molecule has 1 aliphatic heterocycles. The van der Waals surface area contributed by atoms with Gasteiger partial charge >= 0.3 is 0 Å². The van der Waals surface area contributed by atoms with Crippen molar-refractivity contribution in [2.75, 3.05) is 19.8 Å². The van der Waals surface area contributed by atoms with Crippen LogP contribution in [0, 0.1) is 5.41 Å². The number of nitrogens with two attached hydrogens (primary N) is 1. The van der Waals surface area contributed by atoms with Crippen LogP contribution in [0.4, 0.5) is 0 Å². The van der Waals surface area contributed by atoms with E-state index in [-0.39, 0.29) is 5.41 Å². The van der Waals surface area contributed by atoms with Crippen LogP contribution in [0.25, 0.3) is 0 Å². The van der Waals surface area contributed by atoms with Gasteiger partial charge in [-0.25, -0.2) is 0 Å². The minimum absolute atomic E-state index is 0.0902. The summed E-state index contributed by atoms with van der Waals surface area (Å²) in [5.41, 5.74) is 7.05. The van der Waals surface area contributed by atoms with E-state index in [0.29, 0.717) is 6.54 Å². The normalized spacial score (nSPS) is 19.2. The van der Waals surface area contributed by atoms with Crippen LogP contribution in [0.1, 0.15) is 18.4 Å². The summed E-state index contributed by atoms with van der Waals surface area (Å²) in [6.07, 6.45) is 2.79. The summed E-state index contributed by atoms with van der Waals surface area (Å²) < 4.78 is 5.40. The average molecular weight is 274 g/mol. The Hall–Kier alpha value is -0.280. The monoisotopic (exact) mass is 273 g/mol. The summed E-state index contributed by atoms with van der Waals surface area (Å²) >= 11 is 12.4. The SMILES string of the molecule is NCC1(Cc2c(Cl)cccc2Cl)CCOCC1. The number of hydrogen-bond acceptors (Lipinski definition) is 2. The Morgan fingerprint density at radius 2 is 1.76 bits per heavy atom. The molecule has 2 nitrogen and oxygen atoms in total. The van der Waals surface area contributed by atoms with Gasteiger partial charge in [0.2, 0.25) is 0 Å². The van der Waals surface area contributed by atoms with Crippen LogP contribution < -0.4 is 5.73 Å². The van der Waals surface area contributed by atoms with Gasteiger partial charge in [-0.2, -0.15) is 0 Å². The number of halogens is 2. The molecule has 2 rings (SSSR count). The molecule has 0 atom stereocenters. The zero-order valence-corrected chi connectivity index (χ0v) is 11.2. The third kappa shape index (κ3) is 2.94. The summed E-state index contributed by atoms with van der Waals surface area (Å²) in [5, 5.41) is 1.47. The van der Waals surface area contributed by atoms with Crippen LogP contribution in [-0.4, -0.2) is 19.8 Å². The van der Waals surface area contributed by atoms with Crippen molar-refractivity contribution in [2.45, 2.75) is 19.3 Å². The molecule has 17 heavy (non-hydrogen) atoms. The van der Waals surface area contributed by atoms with E-state index in [9.17, 15) is 0 Å². The first-order valence-electron chi connectivity index (χ1n) is 5.88. The quantitative estimate of drug-likeness (QED) is 0.917. The van der Waals surface area contributed by atoms with E-state index in [1.54, 1.807) is 0 Å². The molecule has 0 spiro atoms. The maximum absolute atomic E-state index is 6.21. The minimum atomic E-state index is 0.0902. The van der Waals surface area contributed by atoms with Gasteiger partial charge in [-0.3, -0.25) is 0 Å². The van der Waals surface area contributed by atoms with Crippen molar-refractivity contribution in [1.82, 2.24) is 0 Å². The molecule has 0 aromatic heterocycles. The lowest BCUT2D eigenvalue weighted by atomic mass is 9.75. The average Bonchev–Trinajstić information content (AvgIpc) is 2.35. The molecule has 1 aliphatic rings. The minimum Gasteiger partial charge on any atom is -0.381 e. The predicted molar refractivity (Wildman–Crippen MR) is 71.7 cm³/mol. The highest BCUT2D eigenvalue weighted by Gasteiger charge is 2.32. The third-order valence-corrected chi connectivity index (χ3v) is 4.31. The Morgan fingerprint density at radius 3 is 2.29 bits per heavy atom. The summed E-state index contributed by atoms with van der Waals surface area (Å²) in [5.74, 6) is 0. The molecule has 1 aromatic carbocycles. The second-order valence-electron chi connectivity index (χ2n) is 4.69. The Labute approximate surface area is 112 Å². The molecule has 0 amide bonds. The molecule has 0 bridgehead atoms. The van der Waals surface area contributed by atoms with Gasteiger partial charge in [0.05, 0.1) is 0 Å². The van der Waals surface area contributed by atoms with Crippen LogP contribution in [0.15, 0.2) is 18.2 Å². The van der Waals surface area contributed by atoms with Gasteiger partial charge in [-0.1, -0.05) is 29.3 Å². The van der Waals surface area contributed by atoms with Gasteiger partial charge in [-0.15, -0.1) is 0 Å². The highest BCUT2D eigenvalue weighted by molar-refractivity contribution is 6.36. The smallest absolute Gasteiger partial charge is 0.0471 e. The lowest BCUT2D eigenvalue weighted by molar-refractivity contribution is 0.0191. The fraction of sp³-hybridized carbons (Fsp3) is 0.538. The fourth-order valence-electron chi connectivity index (χ4n) is 2.33. The topological polar surface area (TPSA) is 35.2 Å². The van der Waals surface area contributed by atoms with Crippen molar-refractivity contribution in [1.29, 1.82) is 0 Å². The van der Waals surface area contributed by atoms with Crippen molar-refractivity contribution in [2.24, 2.45) is 11.1 Å². The molecular formula is C13H17Cl2NO. The van der Waals surface area contributed by atoms with E-state index >= 15 is 0 Å². The van der Waals surface area contributed by atoms with E-state index in [1.807, 2.05) is 18.2 Å². The Balaban J connectivity index is 2.23.